The van der Waals surface area contributed by atoms with Crippen molar-refractivity contribution in [3.05, 3.63) is 59.7 Å². The molecule has 0 aromatic heterocycles. The van der Waals surface area contributed by atoms with Gasteiger partial charge in [0.2, 0.25) is 0 Å². The molecular weight excluding hydrogens is 358 g/mol. The van der Waals surface area contributed by atoms with E-state index in [1.165, 1.54) is 0 Å². The first kappa shape index (κ1) is 20.2. The fourth-order valence-corrected chi connectivity index (χ4v) is 3.89. The van der Waals surface area contributed by atoms with Gasteiger partial charge in [-0.25, -0.2) is 0 Å². The Morgan fingerprint density at radius 3 is 2.29 bits per heavy atom. The van der Waals surface area contributed by atoms with E-state index in [1.807, 2.05) is 48.5 Å². The Kier molecular flexibility index (Phi) is 6.21. The highest BCUT2D eigenvalue weighted by molar-refractivity contribution is 5.76. The predicted octanol–water partition coefficient (Wildman–Crippen LogP) is 2.58. The Morgan fingerprint density at radius 1 is 1.11 bits per heavy atom. The third kappa shape index (κ3) is 4.29. The highest BCUT2D eigenvalue weighted by Crippen LogP contribution is 2.37. The molecule has 2 N–H and O–H groups in total. The Balaban J connectivity index is 1.74. The molecule has 2 aromatic rings. The zero-order chi connectivity index (χ0) is 20.1. The maximum absolute atomic E-state index is 12.1. The average Bonchev–Trinajstić information content (AvgIpc) is 2.70. The molecule has 28 heavy (non-hydrogen) atoms. The van der Waals surface area contributed by atoms with E-state index in [0.29, 0.717) is 44.0 Å². The summed E-state index contributed by atoms with van der Waals surface area (Å²) in [5.41, 5.74) is 0.758. The zero-order valence-corrected chi connectivity index (χ0v) is 16.3. The lowest BCUT2D eigenvalue weighted by molar-refractivity contribution is -0.163. The van der Waals surface area contributed by atoms with Gasteiger partial charge in [-0.05, 0) is 42.6 Å². The summed E-state index contributed by atoms with van der Waals surface area (Å²) in [6.07, 6.45) is -0.239. The van der Waals surface area contributed by atoms with Crippen molar-refractivity contribution < 1.29 is 24.5 Å². The number of methoxy groups -OCH3 is 2. The standard InChI is InChI=1S/C22H27NO5/c1-27-18-10-17(11-19(12-18)28-2)14-23-9-8-22(21(25)26,20(24)15-23)13-16-6-4-3-5-7-16/h3-7,10-12,20,24H,8-9,13-15H2,1-2H3,(H,25,26)/t20-,22-/m1/s1. The maximum Gasteiger partial charge on any atom is 0.312 e. The molecule has 1 heterocycles. The number of hydrogen-bond donors (Lipinski definition) is 2. The van der Waals surface area contributed by atoms with Gasteiger partial charge >= 0.3 is 5.97 Å². The van der Waals surface area contributed by atoms with Gasteiger partial charge in [0.15, 0.2) is 0 Å². The lowest BCUT2D eigenvalue weighted by Gasteiger charge is -2.43. The topological polar surface area (TPSA) is 79.2 Å². The molecule has 3 rings (SSSR count). The molecule has 0 bridgehead atoms. The number of likely N-dealkylation sites (tertiary alicyclic amines) is 1. The molecule has 1 aliphatic rings. The van der Waals surface area contributed by atoms with Crippen LogP contribution in [-0.4, -0.2) is 54.5 Å². The first-order chi connectivity index (χ1) is 13.5. The van der Waals surface area contributed by atoms with Gasteiger partial charge in [0, 0.05) is 19.2 Å². The summed E-state index contributed by atoms with van der Waals surface area (Å²) in [4.78, 5) is 14.2. The Morgan fingerprint density at radius 2 is 1.75 bits per heavy atom. The minimum atomic E-state index is -1.16. The molecule has 6 heteroatoms. The fraction of sp³-hybridized carbons (Fsp3) is 0.409. The van der Waals surface area contributed by atoms with E-state index in [4.69, 9.17) is 9.47 Å². The molecule has 150 valence electrons. The number of rotatable bonds is 7. The number of ether oxygens (including phenoxy) is 2. The Hall–Kier alpha value is -2.57. The van der Waals surface area contributed by atoms with Crippen LogP contribution in [-0.2, 0) is 17.8 Å². The summed E-state index contributed by atoms with van der Waals surface area (Å²) < 4.78 is 10.6. The van der Waals surface area contributed by atoms with Crippen LogP contribution in [0.4, 0.5) is 0 Å². The zero-order valence-electron chi connectivity index (χ0n) is 16.3. The first-order valence-corrected chi connectivity index (χ1v) is 9.36. The van der Waals surface area contributed by atoms with Crippen molar-refractivity contribution in [1.29, 1.82) is 0 Å². The molecule has 2 atom stereocenters. The van der Waals surface area contributed by atoms with Crippen molar-refractivity contribution in [2.24, 2.45) is 5.41 Å². The van der Waals surface area contributed by atoms with Crippen molar-refractivity contribution in [2.45, 2.75) is 25.5 Å². The van der Waals surface area contributed by atoms with Gasteiger partial charge in [0.1, 0.15) is 16.9 Å². The van der Waals surface area contributed by atoms with Crippen LogP contribution < -0.4 is 9.47 Å². The molecule has 1 saturated heterocycles. The van der Waals surface area contributed by atoms with E-state index in [9.17, 15) is 15.0 Å². The summed E-state index contributed by atoms with van der Waals surface area (Å²) in [5, 5.41) is 20.8. The van der Waals surface area contributed by atoms with E-state index in [1.54, 1.807) is 14.2 Å². The quantitative estimate of drug-likeness (QED) is 0.763. The maximum atomic E-state index is 12.1. The van der Waals surface area contributed by atoms with Gasteiger partial charge in [-0.15, -0.1) is 0 Å². The van der Waals surface area contributed by atoms with Crippen LogP contribution in [0.25, 0.3) is 0 Å². The number of β-amino-alcohol motifs (C(OH)–C–C–N with tert-alkyl or cyclic N) is 1. The molecular formula is C22H27NO5. The normalized spacial score (nSPS) is 22.6. The van der Waals surface area contributed by atoms with Crippen LogP contribution in [0.1, 0.15) is 17.5 Å². The van der Waals surface area contributed by atoms with Crippen molar-refractivity contribution in [1.82, 2.24) is 4.90 Å². The molecule has 6 nitrogen and oxygen atoms in total. The third-order valence-electron chi connectivity index (χ3n) is 5.55. The summed E-state index contributed by atoms with van der Waals surface area (Å²) >= 11 is 0. The SMILES string of the molecule is COc1cc(CN2CC[C@](Cc3ccccc3)(C(=O)O)[C@H](O)C2)cc(OC)c1. The number of aliphatic hydroxyl groups is 1. The third-order valence-corrected chi connectivity index (χ3v) is 5.55. The molecule has 0 amide bonds. The number of benzene rings is 2. The van der Waals surface area contributed by atoms with Crippen molar-refractivity contribution in [2.75, 3.05) is 27.3 Å². The molecule has 0 radical (unpaired) electrons. The lowest BCUT2D eigenvalue weighted by atomic mass is 9.71. The smallest absolute Gasteiger partial charge is 0.312 e. The van der Waals surface area contributed by atoms with Crippen molar-refractivity contribution in [3.8, 4) is 11.5 Å². The Labute approximate surface area is 165 Å². The molecule has 0 aliphatic carbocycles. The van der Waals surface area contributed by atoms with Crippen LogP contribution in [0.2, 0.25) is 0 Å². The van der Waals surface area contributed by atoms with E-state index in [2.05, 4.69) is 4.90 Å². The monoisotopic (exact) mass is 385 g/mol. The van der Waals surface area contributed by atoms with Crippen molar-refractivity contribution in [3.63, 3.8) is 0 Å². The van der Waals surface area contributed by atoms with Crippen LogP contribution in [0.3, 0.4) is 0 Å². The fourth-order valence-electron chi connectivity index (χ4n) is 3.89. The van der Waals surface area contributed by atoms with Crippen LogP contribution in [0, 0.1) is 5.41 Å². The second kappa shape index (κ2) is 8.63. The number of carboxylic acid groups (broad SMARTS) is 1. The second-order valence-corrected chi connectivity index (χ2v) is 7.35. The molecule has 0 spiro atoms. The molecule has 0 saturated carbocycles. The van der Waals surface area contributed by atoms with Gasteiger partial charge in [-0.1, -0.05) is 30.3 Å². The van der Waals surface area contributed by atoms with E-state index >= 15 is 0 Å². The molecule has 2 aromatic carbocycles. The van der Waals surface area contributed by atoms with Gasteiger partial charge in [0.05, 0.1) is 20.3 Å². The minimum absolute atomic E-state index is 0.304. The highest BCUT2D eigenvalue weighted by Gasteiger charge is 2.48. The van der Waals surface area contributed by atoms with Crippen LogP contribution in [0.15, 0.2) is 48.5 Å². The minimum Gasteiger partial charge on any atom is -0.497 e. The predicted molar refractivity (Wildman–Crippen MR) is 106 cm³/mol. The van der Waals surface area contributed by atoms with Gasteiger partial charge < -0.3 is 19.7 Å². The second-order valence-electron chi connectivity index (χ2n) is 7.35. The molecule has 1 aliphatic heterocycles. The summed E-state index contributed by atoms with van der Waals surface area (Å²) in [7, 11) is 3.21. The summed E-state index contributed by atoms with van der Waals surface area (Å²) in [5.74, 6) is 0.471. The number of hydrogen-bond acceptors (Lipinski definition) is 5. The number of nitrogens with zero attached hydrogens (tertiary/aromatic N) is 1. The lowest BCUT2D eigenvalue weighted by Crippen LogP contribution is -2.55. The van der Waals surface area contributed by atoms with Crippen molar-refractivity contribution >= 4 is 5.97 Å². The Bertz CT molecular complexity index is 788. The van der Waals surface area contributed by atoms with E-state index in [0.717, 1.165) is 11.1 Å². The van der Waals surface area contributed by atoms with Crippen LogP contribution in [0.5, 0.6) is 11.5 Å². The molecule has 1 fully saturated rings. The van der Waals surface area contributed by atoms with Gasteiger partial charge in [0.25, 0.3) is 0 Å². The number of carbonyl (C=O) groups is 1. The first-order valence-electron chi connectivity index (χ1n) is 9.36. The number of aliphatic hydroxyl groups excluding tert-OH is 1. The number of piperidine rings is 1. The van der Waals surface area contributed by atoms with Gasteiger partial charge in [-0.3, -0.25) is 9.69 Å². The van der Waals surface area contributed by atoms with Crippen LogP contribution >= 0.6 is 0 Å². The number of carboxylic acids is 1. The number of aliphatic carboxylic acids is 1. The summed E-state index contributed by atoms with van der Waals surface area (Å²) in [6, 6.07) is 15.2. The average molecular weight is 385 g/mol. The highest BCUT2D eigenvalue weighted by atomic mass is 16.5. The summed E-state index contributed by atoms with van der Waals surface area (Å²) in [6.45, 7) is 1.49. The van der Waals surface area contributed by atoms with E-state index < -0.39 is 17.5 Å². The molecule has 0 unspecified atom stereocenters. The largest absolute Gasteiger partial charge is 0.497 e. The van der Waals surface area contributed by atoms with Gasteiger partial charge in [-0.2, -0.15) is 0 Å². The van der Waals surface area contributed by atoms with E-state index in [-0.39, 0.29) is 0 Å².